The number of amides is 1. The van der Waals surface area contributed by atoms with Crippen molar-refractivity contribution in [1.29, 1.82) is 0 Å². The fourth-order valence-electron chi connectivity index (χ4n) is 1.48. The van der Waals surface area contributed by atoms with E-state index >= 15 is 0 Å². The highest BCUT2D eigenvalue weighted by Crippen LogP contribution is 2.18. The molecule has 0 fully saturated rings. The maximum atomic E-state index is 11.7. The summed E-state index contributed by atoms with van der Waals surface area (Å²) in [6.45, 7) is 7.24. The number of carbonyl (C=O) groups is 1. The summed E-state index contributed by atoms with van der Waals surface area (Å²) in [5, 5.41) is 2.86. The number of hydrogen-bond donors (Lipinski definition) is 2. The van der Waals surface area contributed by atoms with Gasteiger partial charge in [0.25, 0.3) is 5.91 Å². The van der Waals surface area contributed by atoms with Crippen molar-refractivity contribution in [3.63, 3.8) is 0 Å². The highest BCUT2D eigenvalue weighted by atomic mass is 16.3. The van der Waals surface area contributed by atoms with Crippen molar-refractivity contribution in [2.75, 3.05) is 13.1 Å². The van der Waals surface area contributed by atoms with E-state index in [0.717, 1.165) is 12.0 Å². The Kier molecular flexibility index (Phi) is 4.12. The van der Waals surface area contributed by atoms with Crippen LogP contribution in [0.15, 0.2) is 16.7 Å². The largest absolute Gasteiger partial charge is 0.459 e. The zero-order valence-electron chi connectivity index (χ0n) is 10.2. The minimum absolute atomic E-state index is 0.0188. The zero-order valence-corrected chi connectivity index (χ0v) is 10.2. The predicted molar refractivity (Wildman–Crippen MR) is 63.2 cm³/mol. The molecule has 1 heterocycles. The number of nitrogens with two attached hydrogens (primary N) is 1. The molecule has 0 aliphatic heterocycles. The van der Waals surface area contributed by atoms with Crippen LogP contribution in [-0.2, 0) is 0 Å². The lowest BCUT2D eigenvalue weighted by molar-refractivity contribution is 0.0906. The Bertz CT molecular complexity index is 356. The van der Waals surface area contributed by atoms with Gasteiger partial charge in [-0.05, 0) is 31.4 Å². The number of carbonyl (C=O) groups excluding carboxylic acids is 1. The lowest BCUT2D eigenvalue weighted by Gasteiger charge is -2.23. The normalized spacial score (nSPS) is 11.5. The molecule has 3 N–H and O–H groups in total. The molecular weight excluding hydrogens is 204 g/mol. The highest BCUT2D eigenvalue weighted by molar-refractivity contribution is 5.92. The minimum atomic E-state index is -0.160. The average molecular weight is 224 g/mol. The first kappa shape index (κ1) is 12.8. The summed E-state index contributed by atoms with van der Waals surface area (Å²) in [6.07, 6.45) is 2.40. The fraction of sp³-hybridized carbons (Fsp3) is 0.583. The summed E-state index contributed by atoms with van der Waals surface area (Å²) in [7, 11) is 0. The summed E-state index contributed by atoms with van der Waals surface area (Å²) in [4.78, 5) is 11.7. The molecular formula is C12H20N2O2. The van der Waals surface area contributed by atoms with Crippen LogP contribution in [0.2, 0.25) is 0 Å². The number of rotatable bonds is 5. The monoisotopic (exact) mass is 224 g/mol. The molecule has 4 nitrogen and oxygen atoms in total. The van der Waals surface area contributed by atoms with Crippen molar-refractivity contribution in [3.05, 3.63) is 23.7 Å². The van der Waals surface area contributed by atoms with Gasteiger partial charge >= 0.3 is 0 Å². The number of aryl methyl sites for hydroxylation is 1. The van der Waals surface area contributed by atoms with Gasteiger partial charge in [-0.3, -0.25) is 4.79 Å². The second-order valence-electron chi connectivity index (χ2n) is 4.82. The predicted octanol–water partition coefficient (Wildman–Crippen LogP) is 1.69. The molecule has 1 aromatic heterocycles. The Morgan fingerprint density at radius 2 is 2.25 bits per heavy atom. The van der Waals surface area contributed by atoms with Crippen LogP contribution < -0.4 is 11.1 Å². The van der Waals surface area contributed by atoms with E-state index in [1.54, 1.807) is 6.07 Å². The number of nitrogens with one attached hydrogen (secondary N) is 1. The second-order valence-corrected chi connectivity index (χ2v) is 4.82. The second kappa shape index (κ2) is 5.16. The highest BCUT2D eigenvalue weighted by Gasteiger charge is 2.19. The van der Waals surface area contributed by atoms with Crippen LogP contribution in [0, 0.1) is 12.3 Å². The molecule has 0 saturated carbocycles. The van der Waals surface area contributed by atoms with E-state index in [2.05, 4.69) is 19.2 Å². The van der Waals surface area contributed by atoms with E-state index < -0.39 is 0 Å². The van der Waals surface area contributed by atoms with Crippen molar-refractivity contribution in [3.8, 4) is 0 Å². The van der Waals surface area contributed by atoms with Gasteiger partial charge in [-0.15, -0.1) is 0 Å². The molecule has 1 aromatic rings. The van der Waals surface area contributed by atoms with E-state index in [9.17, 15) is 4.79 Å². The van der Waals surface area contributed by atoms with Crippen LogP contribution in [0.3, 0.4) is 0 Å². The summed E-state index contributed by atoms with van der Waals surface area (Å²) >= 11 is 0. The van der Waals surface area contributed by atoms with Crippen LogP contribution in [0.5, 0.6) is 0 Å². The van der Waals surface area contributed by atoms with E-state index in [1.165, 1.54) is 6.26 Å². The third-order valence-corrected chi connectivity index (χ3v) is 2.62. The smallest absolute Gasteiger partial charge is 0.287 e. The summed E-state index contributed by atoms with van der Waals surface area (Å²) in [6, 6.07) is 1.78. The number of hydrogen-bond acceptors (Lipinski definition) is 3. The molecule has 0 radical (unpaired) electrons. The SMILES string of the molecule is Cc1ccoc1C(=O)NCC(C)(C)CCN. The Balaban J connectivity index is 2.51. The van der Waals surface area contributed by atoms with Gasteiger partial charge in [-0.2, -0.15) is 0 Å². The summed E-state index contributed by atoms with van der Waals surface area (Å²) < 4.78 is 5.11. The molecule has 0 aromatic carbocycles. The van der Waals surface area contributed by atoms with Gasteiger partial charge < -0.3 is 15.5 Å². The molecule has 0 unspecified atom stereocenters. The third-order valence-electron chi connectivity index (χ3n) is 2.62. The Labute approximate surface area is 96.2 Å². The van der Waals surface area contributed by atoms with E-state index in [-0.39, 0.29) is 11.3 Å². The van der Waals surface area contributed by atoms with Crippen LogP contribution >= 0.6 is 0 Å². The van der Waals surface area contributed by atoms with Crippen LogP contribution in [0.25, 0.3) is 0 Å². The van der Waals surface area contributed by atoms with Crippen molar-refractivity contribution in [1.82, 2.24) is 5.32 Å². The molecule has 0 spiro atoms. The Morgan fingerprint density at radius 3 is 2.75 bits per heavy atom. The van der Waals surface area contributed by atoms with Crippen LogP contribution in [-0.4, -0.2) is 19.0 Å². The van der Waals surface area contributed by atoms with Crippen LogP contribution in [0.4, 0.5) is 0 Å². The van der Waals surface area contributed by atoms with Gasteiger partial charge in [0.2, 0.25) is 0 Å². The number of furan rings is 1. The summed E-state index contributed by atoms with van der Waals surface area (Å²) in [5.74, 6) is 0.233. The van der Waals surface area contributed by atoms with Gasteiger partial charge in [0, 0.05) is 12.1 Å². The topological polar surface area (TPSA) is 68.3 Å². The van der Waals surface area contributed by atoms with Crippen molar-refractivity contribution < 1.29 is 9.21 Å². The lowest BCUT2D eigenvalue weighted by atomic mass is 9.89. The van der Waals surface area contributed by atoms with Crippen molar-refractivity contribution >= 4 is 5.91 Å². The molecule has 1 amide bonds. The van der Waals surface area contributed by atoms with E-state index in [4.69, 9.17) is 10.2 Å². The van der Waals surface area contributed by atoms with E-state index in [0.29, 0.717) is 18.8 Å². The third kappa shape index (κ3) is 3.38. The van der Waals surface area contributed by atoms with Crippen LogP contribution in [0.1, 0.15) is 36.4 Å². The average Bonchev–Trinajstić information content (AvgIpc) is 2.61. The van der Waals surface area contributed by atoms with E-state index in [1.807, 2.05) is 6.92 Å². The first-order valence-corrected chi connectivity index (χ1v) is 5.48. The molecule has 0 aliphatic carbocycles. The first-order valence-electron chi connectivity index (χ1n) is 5.48. The molecule has 16 heavy (non-hydrogen) atoms. The lowest BCUT2D eigenvalue weighted by Crippen LogP contribution is -2.35. The molecule has 4 heteroatoms. The van der Waals surface area contributed by atoms with Crippen molar-refractivity contribution in [2.24, 2.45) is 11.1 Å². The quantitative estimate of drug-likeness (QED) is 0.799. The standard InChI is InChI=1S/C12H20N2O2/c1-9-4-7-16-10(9)11(15)14-8-12(2,3)5-6-13/h4,7H,5-6,8,13H2,1-3H3,(H,14,15). The Hall–Kier alpha value is -1.29. The van der Waals surface area contributed by atoms with Crippen molar-refractivity contribution in [2.45, 2.75) is 27.2 Å². The maximum absolute atomic E-state index is 11.7. The fourth-order valence-corrected chi connectivity index (χ4v) is 1.48. The van der Waals surface area contributed by atoms with Gasteiger partial charge in [0.15, 0.2) is 5.76 Å². The molecule has 0 atom stereocenters. The molecule has 90 valence electrons. The zero-order chi connectivity index (χ0) is 12.2. The van der Waals surface area contributed by atoms with Gasteiger partial charge in [-0.1, -0.05) is 13.8 Å². The van der Waals surface area contributed by atoms with Gasteiger partial charge in [-0.25, -0.2) is 0 Å². The Morgan fingerprint density at radius 1 is 1.56 bits per heavy atom. The minimum Gasteiger partial charge on any atom is -0.459 e. The van der Waals surface area contributed by atoms with Gasteiger partial charge in [0.1, 0.15) is 0 Å². The van der Waals surface area contributed by atoms with Gasteiger partial charge in [0.05, 0.1) is 6.26 Å². The maximum Gasteiger partial charge on any atom is 0.287 e. The summed E-state index contributed by atoms with van der Waals surface area (Å²) in [5.41, 5.74) is 6.38. The molecule has 1 rings (SSSR count). The first-order chi connectivity index (χ1) is 7.46. The molecule has 0 aliphatic rings. The molecule has 0 saturated heterocycles. The molecule has 0 bridgehead atoms.